The van der Waals surface area contributed by atoms with Crippen molar-refractivity contribution in [1.29, 1.82) is 0 Å². The van der Waals surface area contributed by atoms with Crippen LogP contribution in [-0.2, 0) is 0 Å². The third-order valence-electron chi connectivity index (χ3n) is 4.96. The summed E-state index contributed by atoms with van der Waals surface area (Å²) in [6.45, 7) is 16.0. The van der Waals surface area contributed by atoms with Gasteiger partial charge in [-0.25, -0.2) is 0 Å². The Balaban J connectivity index is 1.88. The van der Waals surface area contributed by atoms with E-state index in [0.29, 0.717) is 10.2 Å². The Kier molecular flexibility index (Phi) is 5.24. The van der Waals surface area contributed by atoms with Gasteiger partial charge in [-0.05, 0) is 50.2 Å². The van der Waals surface area contributed by atoms with Crippen LogP contribution in [-0.4, -0.2) is 48.1 Å². The summed E-state index contributed by atoms with van der Waals surface area (Å²) < 4.78 is 0.477. The van der Waals surface area contributed by atoms with E-state index >= 15 is 0 Å². The summed E-state index contributed by atoms with van der Waals surface area (Å²) in [5.74, 6) is 2.15. The molecule has 0 radical (unpaired) electrons. The second kappa shape index (κ2) is 6.36. The molecule has 0 aliphatic carbocycles. The molecule has 2 aliphatic rings. The molecule has 3 heteroatoms. The van der Waals surface area contributed by atoms with Crippen LogP contribution >= 0.6 is 11.8 Å². The van der Waals surface area contributed by atoms with Crippen molar-refractivity contribution in [1.82, 2.24) is 10.2 Å². The van der Waals surface area contributed by atoms with E-state index in [2.05, 4.69) is 49.7 Å². The van der Waals surface area contributed by atoms with Crippen molar-refractivity contribution < 1.29 is 0 Å². The molecule has 0 spiro atoms. The summed E-state index contributed by atoms with van der Waals surface area (Å²) in [5, 5.41) is 3.58. The smallest absolute Gasteiger partial charge is 0.0116 e. The zero-order valence-corrected chi connectivity index (χ0v) is 14.1. The number of hydrogen-bond donors (Lipinski definition) is 1. The molecule has 1 N–H and O–H groups in total. The summed E-state index contributed by atoms with van der Waals surface area (Å²) in [6, 6.07) is 0. The van der Waals surface area contributed by atoms with E-state index < -0.39 is 0 Å². The number of nitrogens with one attached hydrogen (secondary N) is 1. The van der Waals surface area contributed by atoms with Gasteiger partial charge in [0.25, 0.3) is 0 Å². The zero-order chi connectivity index (χ0) is 13.9. The van der Waals surface area contributed by atoms with Crippen LogP contribution in [0.3, 0.4) is 0 Å². The molecule has 2 fully saturated rings. The second-order valence-corrected chi connectivity index (χ2v) is 9.47. The van der Waals surface area contributed by atoms with Crippen molar-refractivity contribution in [3.8, 4) is 0 Å². The quantitative estimate of drug-likeness (QED) is 0.856. The highest BCUT2D eigenvalue weighted by molar-refractivity contribution is 8.00. The lowest BCUT2D eigenvalue weighted by Gasteiger charge is -2.40. The highest BCUT2D eigenvalue weighted by atomic mass is 32.2. The van der Waals surface area contributed by atoms with E-state index in [-0.39, 0.29) is 0 Å². The fourth-order valence-electron chi connectivity index (χ4n) is 3.44. The average molecular weight is 285 g/mol. The standard InChI is InChI=1S/C16H32N2S/c1-15(2,14-6-5-8-17-12-14)13-18-9-7-16(3,4)19-11-10-18/h14,17H,5-13H2,1-4H3. The van der Waals surface area contributed by atoms with Gasteiger partial charge in [-0.2, -0.15) is 11.8 Å². The summed E-state index contributed by atoms with van der Waals surface area (Å²) in [6.07, 6.45) is 4.10. The molecule has 0 saturated carbocycles. The van der Waals surface area contributed by atoms with Crippen LogP contribution in [0.15, 0.2) is 0 Å². The predicted octanol–water partition coefficient (Wildman–Crippen LogP) is 3.23. The van der Waals surface area contributed by atoms with E-state index in [4.69, 9.17) is 0 Å². The van der Waals surface area contributed by atoms with Gasteiger partial charge in [0.15, 0.2) is 0 Å². The number of rotatable bonds is 3. The van der Waals surface area contributed by atoms with Crippen molar-refractivity contribution >= 4 is 11.8 Å². The minimum atomic E-state index is 0.451. The van der Waals surface area contributed by atoms with Gasteiger partial charge in [0.2, 0.25) is 0 Å². The lowest BCUT2D eigenvalue weighted by Crippen LogP contribution is -2.45. The van der Waals surface area contributed by atoms with Gasteiger partial charge in [-0.15, -0.1) is 0 Å². The third kappa shape index (κ3) is 4.64. The first-order chi connectivity index (χ1) is 8.89. The number of thioether (sulfide) groups is 1. The zero-order valence-electron chi connectivity index (χ0n) is 13.3. The molecular weight excluding hydrogens is 252 g/mol. The van der Waals surface area contributed by atoms with E-state index in [1.807, 2.05) is 0 Å². The van der Waals surface area contributed by atoms with Gasteiger partial charge in [-0.1, -0.05) is 27.7 Å². The Labute approximate surface area is 124 Å². The number of hydrogen-bond acceptors (Lipinski definition) is 3. The first-order valence-electron chi connectivity index (χ1n) is 7.96. The van der Waals surface area contributed by atoms with Gasteiger partial charge >= 0.3 is 0 Å². The van der Waals surface area contributed by atoms with Gasteiger partial charge in [-0.3, -0.25) is 0 Å². The third-order valence-corrected chi connectivity index (χ3v) is 6.34. The molecule has 0 amide bonds. The average Bonchev–Trinajstić information content (AvgIpc) is 2.52. The molecule has 2 rings (SSSR count). The normalized spacial score (nSPS) is 30.0. The second-order valence-electron chi connectivity index (χ2n) is 7.67. The van der Waals surface area contributed by atoms with Crippen LogP contribution in [0, 0.1) is 11.3 Å². The minimum absolute atomic E-state index is 0.451. The van der Waals surface area contributed by atoms with Crippen LogP contribution in [0.1, 0.15) is 47.0 Å². The highest BCUT2D eigenvalue weighted by Gasteiger charge is 2.33. The summed E-state index contributed by atoms with van der Waals surface area (Å²) in [4.78, 5) is 2.72. The topological polar surface area (TPSA) is 15.3 Å². The lowest BCUT2D eigenvalue weighted by atomic mass is 9.74. The Morgan fingerprint density at radius 1 is 1.32 bits per heavy atom. The van der Waals surface area contributed by atoms with Crippen LogP contribution in [0.5, 0.6) is 0 Å². The Morgan fingerprint density at radius 3 is 2.79 bits per heavy atom. The molecule has 0 bridgehead atoms. The Bertz CT molecular complexity index is 282. The van der Waals surface area contributed by atoms with Crippen molar-refractivity contribution in [3.05, 3.63) is 0 Å². The summed E-state index contributed by atoms with van der Waals surface area (Å²) >= 11 is 2.15. The van der Waals surface area contributed by atoms with E-state index in [0.717, 1.165) is 5.92 Å². The molecule has 2 heterocycles. The molecule has 2 aliphatic heterocycles. The monoisotopic (exact) mass is 284 g/mol. The van der Waals surface area contributed by atoms with Crippen molar-refractivity contribution in [3.63, 3.8) is 0 Å². The van der Waals surface area contributed by atoms with Crippen LogP contribution in [0.4, 0.5) is 0 Å². The molecule has 0 aromatic heterocycles. The summed E-state index contributed by atoms with van der Waals surface area (Å²) in [5.41, 5.74) is 0.451. The van der Waals surface area contributed by atoms with Crippen LogP contribution < -0.4 is 5.32 Å². The fraction of sp³-hybridized carbons (Fsp3) is 1.00. The van der Waals surface area contributed by atoms with Crippen molar-refractivity contribution in [2.45, 2.75) is 51.7 Å². The first-order valence-corrected chi connectivity index (χ1v) is 8.95. The SMILES string of the molecule is CC1(C)CCN(CC(C)(C)C2CCCNC2)CCS1. The van der Waals surface area contributed by atoms with E-state index in [9.17, 15) is 0 Å². The molecule has 0 aromatic rings. The number of nitrogens with zero attached hydrogens (tertiary/aromatic N) is 1. The van der Waals surface area contributed by atoms with Gasteiger partial charge in [0.1, 0.15) is 0 Å². The maximum absolute atomic E-state index is 3.58. The molecule has 2 nitrogen and oxygen atoms in total. The van der Waals surface area contributed by atoms with E-state index in [1.165, 1.54) is 57.7 Å². The molecule has 112 valence electrons. The Hall–Kier alpha value is 0.270. The maximum Gasteiger partial charge on any atom is 0.0116 e. The molecule has 0 aromatic carbocycles. The van der Waals surface area contributed by atoms with Gasteiger partial charge in [0.05, 0.1) is 0 Å². The maximum atomic E-state index is 3.58. The lowest BCUT2D eigenvalue weighted by molar-refractivity contribution is 0.103. The summed E-state index contributed by atoms with van der Waals surface area (Å²) in [7, 11) is 0. The van der Waals surface area contributed by atoms with Crippen molar-refractivity contribution in [2.75, 3.05) is 38.5 Å². The van der Waals surface area contributed by atoms with Crippen molar-refractivity contribution in [2.24, 2.45) is 11.3 Å². The highest BCUT2D eigenvalue weighted by Crippen LogP contribution is 2.35. The van der Waals surface area contributed by atoms with Gasteiger partial charge in [0, 0.05) is 23.6 Å². The predicted molar refractivity (Wildman–Crippen MR) is 87.0 cm³/mol. The number of piperidine rings is 1. The van der Waals surface area contributed by atoms with Crippen LogP contribution in [0.2, 0.25) is 0 Å². The van der Waals surface area contributed by atoms with Gasteiger partial charge < -0.3 is 10.2 Å². The molecule has 19 heavy (non-hydrogen) atoms. The molecule has 1 atom stereocenters. The molecule has 2 saturated heterocycles. The van der Waals surface area contributed by atoms with Crippen LogP contribution in [0.25, 0.3) is 0 Å². The Morgan fingerprint density at radius 2 is 2.11 bits per heavy atom. The van der Waals surface area contributed by atoms with E-state index in [1.54, 1.807) is 0 Å². The minimum Gasteiger partial charge on any atom is -0.316 e. The molecule has 1 unspecified atom stereocenters. The first kappa shape index (κ1) is 15.7. The fourth-order valence-corrected chi connectivity index (χ4v) is 4.58. The molecular formula is C16H32N2S. The largest absolute Gasteiger partial charge is 0.316 e.